The average molecular weight is 444 g/mol. The van der Waals surface area contributed by atoms with Crippen molar-refractivity contribution in [1.29, 1.82) is 5.26 Å². The van der Waals surface area contributed by atoms with Gasteiger partial charge in [-0.1, -0.05) is 78.9 Å². The third-order valence-corrected chi connectivity index (χ3v) is 5.79. The van der Waals surface area contributed by atoms with Crippen LogP contribution in [-0.4, -0.2) is 20.7 Å². The molecule has 0 saturated carbocycles. The Morgan fingerprint density at radius 1 is 0.941 bits per heavy atom. The van der Waals surface area contributed by atoms with Gasteiger partial charge in [-0.25, -0.2) is 4.98 Å². The quantitative estimate of drug-likeness (QED) is 0.396. The maximum atomic E-state index is 13.7. The summed E-state index contributed by atoms with van der Waals surface area (Å²) in [5, 5.41) is 18.1. The Balaban J connectivity index is 1.58. The van der Waals surface area contributed by atoms with Crippen LogP contribution in [0.15, 0.2) is 97.2 Å². The van der Waals surface area contributed by atoms with Gasteiger partial charge < -0.3 is 5.32 Å². The molecule has 0 saturated heterocycles. The summed E-state index contributed by atoms with van der Waals surface area (Å²) in [5.74, 6) is 0.0206. The van der Waals surface area contributed by atoms with Gasteiger partial charge in [-0.2, -0.15) is 15.0 Å². The highest BCUT2D eigenvalue weighted by Crippen LogP contribution is 2.28. The van der Waals surface area contributed by atoms with Crippen LogP contribution in [0.4, 0.5) is 5.82 Å². The van der Waals surface area contributed by atoms with E-state index in [1.807, 2.05) is 97.9 Å². The number of benzene rings is 3. The first-order valence-electron chi connectivity index (χ1n) is 10.9. The number of hydrogen-bond donors (Lipinski definition) is 1. The molecule has 0 aliphatic rings. The van der Waals surface area contributed by atoms with Gasteiger partial charge in [0.05, 0.1) is 17.6 Å². The first-order chi connectivity index (χ1) is 16.7. The summed E-state index contributed by atoms with van der Waals surface area (Å²) in [4.78, 5) is 18.4. The molecule has 2 heterocycles. The van der Waals surface area contributed by atoms with Crippen molar-refractivity contribution in [2.24, 2.45) is 0 Å². The van der Waals surface area contributed by atoms with Crippen LogP contribution in [0.5, 0.6) is 0 Å². The van der Waals surface area contributed by atoms with E-state index in [-0.39, 0.29) is 11.5 Å². The van der Waals surface area contributed by atoms with Crippen LogP contribution in [0.2, 0.25) is 0 Å². The number of aryl methyl sites for hydroxylation is 1. The Morgan fingerprint density at radius 2 is 1.56 bits per heavy atom. The Hall–Kier alpha value is -4.76. The molecule has 0 aliphatic carbocycles. The van der Waals surface area contributed by atoms with Crippen molar-refractivity contribution in [3.8, 4) is 11.9 Å². The number of pyridine rings is 1. The molecule has 5 rings (SSSR count). The minimum Gasteiger partial charge on any atom is -0.309 e. The predicted molar refractivity (Wildman–Crippen MR) is 132 cm³/mol. The van der Waals surface area contributed by atoms with E-state index in [0.29, 0.717) is 11.6 Å². The predicted octanol–water partition coefficient (Wildman–Crippen LogP) is 5.37. The topological polar surface area (TPSA) is 83.6 Å². The third-order valence-electron chi connectivity index (χ3n) is 5.79. The molecule has 3 aromatic carbocycles. The number of carbonyl (C=O) groups is 1. The molecule has 0 aliphatic heterocycles. The van der Waals surface area contributed by atoms with Crippen molar-refractivity contribution < 1.29 is 4.79 Å². The highest BCUT2D eigenvalue weighted by atomic mass is 16.2. The van der Waals surface area contributed by atoms with Crippen molar-refractivity contribution in [3.05, 3.63) is 119 Å². The number of fused-ring (bicyclic) bond motifs is 1. The van der Waals surface area contributed by atoms with Crippen LogP contribution in [0.1, 0.15) is 28.2 Å². The summed E-state index contributed by atoms with van der Waals surface area (Å²) >= 11 is 0. The first-order valence-corrected chi connectivity index (χ1v) is 10.9. The second-order valence-electron chi connectivity index (χ2n) is 7.99. The molecule has 0 radical (unpaired) electrons. The molecule has 0 atom stereocenters. The zero-order valence-corrected chi connectivity index (χ0v) is 18.5. The van der Waals surface area contributed by atoms with E-state index in [0.717, 1.165) is 27.6 Å². The molecule has 6 heteroatoms. The molecule has 6 nitrogen and oxygen atoms in total. The normalized spacial score (nSPS) is 10.9. The minimum atomic E-state index is -0.552. The largest absolute Gasteiger partial charge is 0.309 e. The number of aromatic nitrogens is 3. The number of anilines is 1. The summed E-state index contributed by atoms with van der Waals surface area (Å²) < 4.78 is 1.52. The summed E-state index contributed by atoms with van der Waals surface area (Å²) in [5.41, 5.74) is 3.82. The molecule has 2 aromatic heterocycles. The van der Waals surface area contributed by atoms with Gasteiger partial charge in [-0.15, -0.1) is 0 Å². The second-order valence-corrected chi connectivity index (χ2v) is 7.99. The summed E-state index contributed by atoms with van der Waals surface area (Å²) in [7, 11) is 0. The maximum Gasteiger partial charge on any atom is 0.237 e. The summed E-state index contributed by atoms with van der Waals surface area (Å²) in [6.45, 7) is 2.00. The number of nitrogens with one attached hydrogen (secondary N) is 1. The zero-order chi connectivity index (χ0) is 23.5. The highest BCUT2D eigenvalue weighted by molar-refractivity contribution is 5.98. The Bertz CT molecular complexity index is 1480. The molecule has 5 aromatic rings. The van der Waals surface area contributed by atoms with Crippen molar-refractivity contribution in [1.82, 2.24) is 14.8 Å². The fourth-order valence-corrected chi connectivity index (χ4v) is 4.14. The van der Waals surface area contributed by atoms with Gasteiger partial charge in [0.1, 0.15) is 11.6 Å². The van der Waals surface area contributed by atoms with Gasteiger partial charge in [0, 0.05) is 5.39 Å². The van der Waals surface area contributed by atoms with Crippen LogP contribution in [0.25, 0.3) is 16.7 Å². The third kappa shape index (κ3) is 3.91. The fourth-order valence-electron chi connectivity index (χ4n) is 4.14. The number of carbonyl (C=O) groups excluding carboxylic acids is 1. The van der Waals surface area contributed by atoms with Crippen LogP contribution >= 0.6 is 0 Å². The number of amides is 1. The monoisotopic (exact) mass is 443 g/mol. The van der Waals surface area contributed by atoms with Crippen LogP contribution in [-0.2, 0) is 4.79 Å². The van der Waals surface area contributed by atoms with E-state index in [9.17, 15) is 10.1 Å². The van der Waals surface area contributed by atoms with Crippen molar-refractivity contribution in [3.63, 3.8) is 0 Å². The van der Waals surface area contributed by atoms with Gasteiger partial charge in [-0.3, -0.25) is 4.79 Å². The van der Waals surface area contributed by atoms with E-state index in [1.165, 1.54) is 10.9 Å². The molecule has 34 heavy (non-hydrogen) atoms. The number of hydrogen-bond acceptors (Lipinski definition) is 4. The van der Waals surface area contributed by atoms with Crippen molar-refractivity contribution >= 4 is 22.6 Å². The van der Waals surface area contributed by atoms with Crippen molar-refractivity contribution in [2.45, 2.75) is 12.8 Å². The Kier molecular flexibility index (Phi) is 5.59. The SMILES string of the molecule is Cc1cc(-n2ncc(C#N)c2NC(=O)C(c2ccccc2)c2ccccc2)nc2ccccc12. The molecule has 0 bridgehead atoms. The van der Waals surface area contributed by atoms with Crippen LogP contribution in [0.3, 0.4) is 0 Å². The first kappa shape index (κ1) is 21.1. The molecule has 0 fully saturated rings. The highest BCUT2D eigenvalue weighted by Gasteiger charge is 2.25. The summed E-state index contributed by atoms with van der Waals surface area (Å²) in [6, 6.07) is 31.0. The lowest BCUT2D eigenvalue weighted by molar-refractivity contribution is -0.116. The van der Waals surface area contributed by atoms with Crippen LogP contribution < -0.4 is 5.32 Å². The average Bonchev–Trinajstić information content (AvgIpc) is 3.28. The van der Waals surface area contributed by atoms with Gasteiger partial charge in [0.15, 0.2) is 11.6 Å². The fraction of sp³-hybridized carbons (Fsp3) is 0.0714. The molecule has 0 unspecified atom stereocenters. The maximum absolute atomic E-state index is 13.7. The smallest absolute Gasteiger partial charge is 0.237 e. The van der Waals surface area contributed by atoms with Gasteiger partial charge >= 0.3 is 0 Å². The van der Waals surface area contributed by atoms with Crippen molar-refractivity contribution in [2.75, 3.05) is 5.32 Å². The van der Waals surface area contributed by atoms with E-state index in [4.69, 9.17) is 4.98 Å². The molecule has 164 valence electrons. The number of nitriles is 1. The molecule has 1 amide bonds. The van der Waals surface area contributed by atoms with Gasteiger partial charge in [-0.05, 0) is 35.7 Å². The number of nitrogens with zero attached hydrogens (tertiary/aromatic N) is 4. The van der Waals surface area contributed by atoms with E-state index in [2.05, 4.69) is 16.5 Å². The Morgan fingerprint density at radius 3 is 2.21 bits per heavy atom. The Labute approximate surface area is 197 Å². The lowest BCUT2D eigenvalue weighted by atomic mass is 9.90. The lowest BCUT2D eigenvalue weighted by Crippen LogP contribution is -2.24. The molecular weight excluding hydrogens is 422 g/mol. The van der Waals surface area contributed by atoms with E-state index < -0.39 is 5.92 Å². The van der Waals surface area contributed by atoms with Gasteiger partial charge in [0.2, 0.25) is 5.91 Å². The molecule has 1 N–H and O–H groups in total. The van der Waals surface area contributed by atoms with E-state index >= 15 is 0 Å². The van der Waals surface area contributed by atoms with Crippen LogP contribution in [0, 0.1) is 18.3 Å². The second kappa shape index (κ2) is 9.00. The minimum absolute atomic E-state index is 0.256. The molecular formula is C28H21N5O. The summed E-state index contributed by atoms with van der Waals surface area (Å²) in [6.07, 6.45) is 1.45. The molecule has 0 spiro atoms. The zero-order valence-electron chi connectivity index (χ0n) is 18.5. The van der Waals surface area contributed by atoms with Gasteiger partial charge in [0.25, 0.3) is 0 Å². The van der Waals surface area contributed by atoms with E-state index in [1.54, 1.807) is 0 Å². The standard InChI is InChI=1S/C28H21N5O/c1-19-16-25(31-24-15-9-8-14-23(19)24)33-27(22(17-29)18-30-33)32-28(34)26(20-10-4-2-5-11-20)21-12-6-3-7-13-21/h2-16,18,26H,1H3,(H,32,34). The number of rotatable bonds is 5. The lowest BCUT2D eigenvalue weighted by Gasteiger charge is -2.18. The number of para-hydroxylation sites is 1.